The summed E-state index contributed by atoms with van der Waals surface area (Å²) in [5, 5.41) is -0.629. The maximum atomic E-state index is 13.6. The molecular weight excluding hydrogens is 792 g/mol. The van der Waals surface area contributed by atoms with Crippen LogP contribution in [0.3, 0.4) is 0 Å². The lowest BCUT2D eigenvalue weighted by atomic mass is 9.92. The van der Waals surface area contributed by atoms with E-state index in [1.807, 2.05) is 0 Å². The highest BCUT2D eigenvalue weighted by molar-refractivity contribution is 7.88. The summed E-state index contributed by atoms with van der Waals surface area (Å²) in [4.78, 5) is 0. The van der Waals surface area contributed by atoms with Crippen molar-refractivity contribution < 1.29 is 78.8 Å². The normalized spacial score (nSPS) is 13.5. The third-order valence-electron chi connectivity index (χ3n) is 6.97. The van der Waals surface area contributed by atoms with Crippen LogP contribution in [-0.4, -0.2) is 54.3 Å². The number of benzene rings is 4. The molecule has 0 aliphatic carbocycles. The minimum atomic E-state index is -6.45. The van der Waals surface area contributed by atoms with E-state index in [0.717, 1.165) is 48.5 Å². The zero-order valence-electron chi connectivity index (χ0n) is 27.5. The van der Waals surface area contributed by atoms with Gasteiger partial charge in [-0.2, -0.15) is 43.2 Å². The number of fused-ring (bicyclic) bond motifs is 2. The van der Waals surface area contributed by atoms with Crippen LogP contribution in [0.2, 0.25) is 0 Å². The molecule has 4 aromatic rings. The summed E-state index contributed by atoms with van der Waals surface area (Å²) in [5.41, 5.74) is -13.4. The van der Waals surface area contributed by atoms with Crippen LogP contribution in [0.15, 0.2) is 60.7 Å². The first-order valence-corrected chi connectivity index (χ1v) is 20.9. The monoisotopic (exact) mass is 822 g/mol. The van der Waals surface area contributed by atoms with Crippen molar-refractivity contribution in [3.8, 4) is 22.6 Å². The van der Waals surface area contributed by atoms with Gasteiger partial charge in [-0.15, -0.1) is 0 Å². The van der Waals surface area contributed by atoms with Gasteiger partial charge in [0.1, 0.15) is 0 Å². The van der Waals surface area contributed by atoms with Gasteiger partial charge < -0.3 is 26.5 Å². The maximum Gasteiger partial charge on any atom is 0.534 e. The highest BCUT2D eigenvalue weighted by Crippen LogP contribution is 2.52. The minimum absolute atomic E-state index is 0.0145. The molecule has 0 saturated carbocycles. The van der Waals surface area contributed by atoms with Crippen molar-refractivity contribution in [2.45, 2.75) is 38.7 Å². The molecule has 0 saturated heterocycles. The molecule has 52 heavy (non-hydrogen) atoms. The predicted octanol–water partition coefficient (Wildman–Crippen LogP) is 7.90. The Hall–Kier alpha value is -3.22. The molecule has 0 N–H and O–H groups in total. The molecule has 22 heteroatoms. The Morgan fingerprint density at radius 3 is 1.10 bits per heavy atom. The Labute approximate surface area is 294 Å². The van der Waals surface area contributed by atoms with E-state index in [9.17, 15) is 52.3 Å². The fourth-order valence-electron chi connectivity index (χ4n) is 4.97. The van der Waals surface area contributed by atoms with Crippen molar-refractivity contribution in [2.24, 2.45) is 0 Å². The lowest BCUT2D eigenvalue weighted by Gasteiger charge is -2.22. The number of rotatable bonds is 15. The average Bonchev–Trinajstić information content (AvgIpc) is 3.03. The molecule has 0 aliphatic rings. The van der Waals surface area contributed by atoms with Crippen LogP contribution in [0.25, 0.3) is 32.7 Å². The van der Waals surface area contributed by atoms with Crippen molar-refractivity contribution in [1.82, 2.24) is 0 Å². The molecule has 0 aromatic heterocycles. The zero-order valence-corrected chi connectivity index (χ0v) is 30.9. The number of alkyl halides is 6. The van der Waals surface area contributed by atoms with Crippen LogP contribution in [-0.2, 0) is 47.5 Å². The second-order valence-corrected chi connectivity index (χ2v) is 17.5. The van der Waals surface area contributed by atoms with Gasteiger partial charge in [-0.05, 0) is 85.6 Å². The molecule has 4 rings (SSSR count). The molecule has 4 aromatic carbocycles. The topological polar surface area (TPSA) is 158 Å². The summed E-state index contributed by atoms with van der Waals surface area (Å²) >= 11 is 0. The Kier molecular flexibility index (Phi) is 12.2. The van der Waals surface area contributed by atoms with Crippen LogP contribution in [0, 0.1) is 0 Å². The maximum absolute atomic E-state index is 13.6. The summed E-state index contributed by atoms with van der Waals surface area (Å²) in [7, 11) is -20.9. The fraction of sp³-hybridized carbons (Fsp3) is 0.333. The molecule has 0 bridgehead atoms. The fourth-order valence-corrected chi connectivity index (χ4v) is 9.13. The Bertz CT molecular complexity index is 2110. The molecule has 0 atom stereocenters. The molecule has 0 aliphatic heterocycles. The van der Waals surface area contributed by atoms with E-state index in [4.69, 9.17) is 18.1 Å². The van der Waals surface area contributed by atoms with Gasteiger partial charge in [-0.25, -0.2) is 0 Å². The van der Waals surface area contributed by atoms with E-state index in [2.05, 4.69) is 8.37 Å². The highest BCUT2D eigenvalue weighted by Gasteiger charge is 2.50. The third kappa shape index (κ3) is 8.29. The number of halogens is 6. The molecule has 12 nitrogen and oxygen atoms in total. The summed E-state index contributed by atoms with van der Waals surface area (Å²) in [6.07, 6.45) is 0. The van der Waals surface area contributed by atoms with Crippen molar-refractivity contribution in [3.63, 3.8) is 0 Å². The van der Waals surface area contributed by atoms with E-state index in [1.165, 1.54) is 39.8 Å². The molecule has 286 valence electrons. The second-order valence-electron chi connectivity index (χ2n) is 10.3. The predicted molar refractivity (Wildman–Crippen MR) is 179 cm³/mol. The highest BCUT2D eigenvalue weighted by atomic mass is 32.2. The van der Waals surface area contributed by atoms with Crippen LogP contribution in [0.5, 0.6) is 11.5 Å². The van der Waals surface area contributed by atoms with E-state index in [-0.39, 0.29) is 58.6 Å². The first kappa shape index (κ1) is 41.5. The molecule has 0 amide bonds. The van der Waals surface area contributed by atoms with Crippen LogP contribution >= 0.6 is 15.2 Å². The van der Waals surface area contributed by atoms with Gasteiger partial charge in [-0.3, -0.25) is 9.13 Å². The van der Waals surface area contributed by atoms with Crippen molar-refractivity contribution in [3.05, 3.63) is 60.7 Å². The number of hydrogen-bond donors (Lipinski definition) is 0. The van der Waals surface area contributed by atoms with Gasteiger partial charge in [0.2, 0.25) is 0 Å². The van der Waals surface area contributed by atoms with Crippen LogP contribution in [0.1, 0.15) is 27.7 Å². The van der Waals surface area contributed by atoms with Gasteiger partial charge in [0.05, 0.1) is 37.0 Å². The first-order valence-electron chi connectivity index (χ1n) is 15.0. The van der Waals surface area contributed by atoms with E-state index < -0.39 is 69.1 Å². The summed E-state index contributed by atoms with van der Waals surface area (Å²) in [5.74, 6) is -2.23. The molecule has 0 heterocycles. The summed E-state index contributed by atoms with van der Waals surface area (Å²) in [6.45, 7) is 5.81. The minimum Gasteiger partial charge on any atom is -0.375 e. The number of hydrogen-bond acceptors (Lipinski definition) is 12. The molecule has 0 radical (unpaired) electrons. The van der Waals surface area contributed by atoms with E-state index in [1.54, 1.807) is 0 Å². The average molecular weight is 823 g/mol. The van der Waals surface area contributed by atoms with Gasteiger partial charge >= 0.3 is 46.4 Å². The van der Waals surface area contributed by atoms with Gasteiger partial charge in [0, 0.05) is 11.1 Å². The quantitative estimate of drug-likeness (QED) is 0.0495. The zero-order chi connectivity index (χ0) is 38.9. The van der Waals surface area contributed by atoms with E-state index >= 15 is 0 Å². The molecular formula is C30H30F6O12P2S2. The Morgan fingerprint density at radius 2 is 0.827 bits per heavy atom. The largest absolute Gasteiger partial charge is 0.534 e. The standard InChI is InChI=1S/C30H30F6O12P2S2/c1-5-43-49(37,44-6-2)21-11-13-23-19(17-21)9-15-25(47-51(39,40)29(31,32)33)27(23)28-24-14-12-22(50(38,45-7-3)46-8-4)18-20(24)10-16-26(28)48-52(41,42)30(34,35)36/h9-18H,5-8H2,1-4H3. The summed E-state index contributed by atoms with van der Waals surface area (Å²) in [6, 6.07) is 10.5. The molecule has 0 spiro atoms. The van der Waals surface area contributed by atoms with Crippen molar-refractivity contribution in [1.29, 1.82) is 0 Å². The second kappa shape index (κ2) is 15.3. The Balaban J connectivity index is 2.20. The van der Waals surface area contributed by atoms with Crippen LogP contribution in [0.4, 0.5) is 26.3 Å². The van der Waals surface area contributed by atoms with E-state index in [0.29, 0.717) is 0 Å². The molecule has 0 fully saturated rings. The molecule has 0 unspecified atom stereocenters. The lowest BCUT2D eigenvalue weighted by molar-refractivity contribution is -0.0505. The Morgan fingerprint density at radius 1 is 0.519 bits per heavy atom. The smallest absolute Gasteiger partial charge is 0.375 e. The van der Waals surface area contributed by atoms with Crippen LogP contribution < -0.4 is 19.0 Å². The van der Waals surface area contributed by atoms with Gasteiger partial charge in [0.15, 0.2) is 11.5 Å². The van der Waals surface area contributed by atoms with Crippen molar-refractivity contribution >= 4 is 67.6 Å². The van der Waals surface area contributed by atoms with Gasteiger partial charge in [0.25, 0.3) is 0 Å². The van der Waals surface area contributed by atoms with Gasteiger partial charge in [-0.1, -0.05) is 24.3 Å². The summed E-state index contributed by atoms with van der Waals surface area (Å²) < 4.78 is 188. The first-order chi connectivity index (χ1) is 24.1. The van der Waals surface area contributed by atoms with Crippen molar-refractivity contribution in [2.75, 3.05) is 26.4 Å². The SMILES string of the molecule is CCOP(=O)(OCC)c1ccc2c(-c3c(OS(=O)(=O)C(F)(F)F)ccc4cc(P(=O)(OCC)OCC)ccc34)c(OS(=O)(=O)C(F)(F)F)ccc2c1. The lowest BCUT2D eigenvalue weighted by Crippen LogP contribution is -2.28. The third-order valence-corrected chi connectivity index (χ3v) is 13.1.